The largest absolute Gasteiger partial charge is 0.480 e. The van der Waals surface area contributed by atoms with Crippen LogP contribution in [-0.2, 0) is 19.2 Å². The first-order valence-electron chi connectivity index (χ1n) is 11.9. The Labute approximate surface area is 198 Å². The molecule has 0 aliphatic heterocycles. The number of aliphatic carboxylic acids is 1. The molecule has 0 aliphatic carbocycles. The lowest BCUT2D eigenvalue weighted by atomic mass is 9.97. The first-order chi connectivity index (χ1) is 15.3. The number of hydrogen-bond acceptors (Lipinski definition) is 6. The normalized spacial score (nSPS) is 15.9. The van der Waals surface area contributed by atoms with Gasteiger partial charge in [0.25, 0.3) is 0 Å². The van der Waals surface area contributed by atoms with Gasteiger partial charge < -0.3 is 32.5 Å². The van der Waals surface area contributed by atoms with Crippen molar-refractivity contribution in [3.05, 3.63) is 0 Å². The van der Waals surface area contributed by atoms with Crippen LogP contribution in [0.2, 0.25) is 0 Å². The van der Waals surface area contributed by atoms with Crippen LogP contribution in [0.4, 0.5) is 0 Å². The Hall–Kier alpha value is -2.20. The molecule has 10 nitrogen and oxygen atoms in total. The van der Waals surface area contributed by atoms with E-state index < -0.39 is 47.9 Å². The molecule has 0 aromatic rings. The predicted octanol–water partition coefficient (Wildman–Crippen LogP) is 0.730. The maximum absolute atomic E-state index is 13.1. The molecule has 0 aromatic heterocycles. The van der Waals surface area contributed by atoms with Crippen LogP contribution in [0.5, 0.6) is 0 Å². The molecule has 0 rings (SSSR count). The summed E-state index contributed by atoms with van der Waals surface area (Å²) in [7, 11) is 0. The highest BCUT2D eigenvalue weighted by molar-refractivity contribution is 5.94. The van der Waals surface area contributed by atoms with Crippen molar-refractivity contribution in [1.82, 2.24) is 16.0 Å². The van der Waals surface area contributed by atoms with Crippen LogP contribution >= 0.6 is 0 Å². The van der Waals surface area contributed by atoms with Crippen molar-refractivity contribution >= 4 is 23.7 Å². The Morgan fingerprint density at radius 1 is 0.848 bits per heavy atom. The topological polar surface area (TPSA) is 177 Å². The number of carbonyl (C=O) groups is 4. The Balaban J connectivity index is 5.54. The second kappa shape index (κ2) is 15.6. The SMILES string of the molecule is CCC(C)C(N)C(=O)NC(CC(C)C)C(=O)NC(CCCCN)C(=O)NC(C(=O)O)C(C)C. The van der Waals surface area contributed by atoms with Gasteiger partial charge in [-0.2, -0.15) is 0 Å². The van der Waals surface area contributed by atoms with Crippen molar-refractivity contribution < 1.29 is 24.3 Å². The van der Waals surface area contributed by atoms with E-state index >= 15 is 0 Å². The number of carbonyl (C=O) groups excluding carboxylic acids is 3. The third-order valence-corrected chi connectivity index (χ3v) is 5.71. The van der Waals surface area contributed by atoms with E-state index in [1.807, 2.05) is 27.7 Å². The minimum atomic E-state index is -1.14. The van der Waals surface area contributed by atoms with Crippen LogP contribution in [0.1, 0.15) is 73.6 Å². The van der Waals surface area contributed by atoms with Crippen molar-refractivity contribution in [3.63, 3.8) is 0 Å². The molecule has 0 saturated heterocycles. The molecular weight excluding hydrogens is 426 g/mol. The Kier molecular flexibility index (Phi) is 14.6. The molecule has 0 radical (unpaired) electrons. The van der Waals surface area contributed by atoms with Crippen LogP contribution in [0, 0.1) is 17.8 Å². The summed E-state index contributed by atoms with van der Waals surface area (Å²) in [6.07, 6.45) is 2.62. The van der Waals surface area contributed by atoms with Gasteiger partial charge in [0.2, 0.25) is 17.7 Å². The molecule has 0 aliphatic rings. The van der Waals surface area contributed by atoms with Crippen LogP contribution < -0.4 is 27.4 Å². The lowest BCUT2D eigenvalue weighted by Crippen LogP contribution is -2.58. The van der Waals surface area contributed by atoms with E-state index in [0.29, 0.717) is 32.2 Å². The highest BCUT2D eigenvalue weighted by Crippen LogP contribution is 2.11. The fourth-order valence-corrected chi connectivity index (χ4v) is 3.28. The van der Waals surface area contributed by atoms with E-state index in [2.05, 4.69) is 16.0 Å². The van der Waals surface area contributed by atoms with Gasteiger partial charge in [0.05, 0.1) is 6.04 Å². The van der Waals surface area contributed by atoms with Crippen molar-refractivity contribution in [3.8, 4) is 0 Å². The minimum Gasteiger partial charge on any atom is -0.480 e. The van der Waals surface area contributed by atoms with E-state index in [1.54, 1.807) is 13.8 Å². The number of amides is 3. The summed E-state index contributed by atoms with van der Waals surface area (Å²) >= 11 is 0. The number of nitrogens with one attached hydrogen (secondary N) is 3. The van der Waals surface area contributed by atoms with Crippen LogP contribution in [0.15, 0.2) is 0 Å². The van der Waals surface area contributed by atoms with E-state index in [0.717, 1.165) is 6.42 Å². The predicted molar refractivity (Wildman–Crippen MR) is 128 cm³/mol. The average molecular weight is 472 g/mol. The van der Waals surface area contributed by atoms with E-state index in [1.165, 1.54) is 0 Å². The van der Waals surface area contributed by atoms with E-state index in [4.69, 9.17) is 11.5 Å². The van der Waals surface area contributed by atoms with Crippen molar-refractivity contribution in [2.24, 2.45) is 29.2 Å². The Morgan fingerprint density at radius 2 is 1.39 bits per heavy atom. The summed E-state index contributed by atoms with van der Waals surface area (Å²) < 4.78 is 0. The van der Waals surface area contributed by atoms with Gasteiger partial charge >= 0.3 is 5.97 Å². The highest BCUT2D eigenvalue weighted by Gasteiger charge is 2.31. The van der Waals surface area contributed by atoms with Crippen LogP contribution in [0.25, 0.3) is 0 Å². The number of unbranched alkanes of at least 4 members (excludes halogenated alkanes) is 1. The first-order valence-corrected chi connectivity index (χ1v) is 11.9. The first kappa shape index (κ1) is 30.8. The smallest absolute Gasteiger partial charge is 0.326 e. The van der Waals surface area contributed by atoms with Gasteiger partial charge in [-0.1, -0.05) is 48.0 Å². The van der Waals surface area contributed by atoms with Gasteiger partial charge in [-0.3, -0.25) is 14.4 Å². The van der Waals surface area contributed by atoms with Crippen molar-refractivity contribution in [2.45, 2.75) is 97.8 Å². The molecule has 3 amide bonds. The molecule has 0 aromatic carbocycles. The number of nitrogens with two attached hydrogens (primary N) is 2. The highest BCUT2D eigenvalue weighted by atomic mass is 16.4. The number of carboxylic acid groups (broad SMARTS) is 1. The maximum Gasteiger partial charge on any atom is 0.326 e. The summed E-state index contributed by atoms with van der Waals surface area (Å²) in [6.45, 7) is 11.5. The molecule has 10 heteroatoms. The number of rotatable bonds is 16. The van der Waals surface area contributed by atoms with Gasteiger partial charge in [0.1, 0.15) is 18.1 Å². The van der Waals surface area contributed by atoms with Crippen LogP contribution in [-0.4, -0.2) is 59.5 Å². The summed E-state index contributed by atoms with van der Waals surface area (Å²) in [5, 5.41) is 17.4. The quantitative estimate of drug-likeness (QED) is 0.180. The minimum absolute atomic E-state index is 0.0495. The molecule has 0 heterocycles. The summed E-state index contributed by atoms with van der Waals surface area (Å²) in [4.78, 5) is 50.0. The molecule has 33 heavy (non-hydrogen) atoms. The van der Waals surface area contributed by atoms with Gasteiger partial charge in [-0.15, -0.1) is 0 Å². The zero-order valence-corrected chi connectivity index (χ0v) is 21.0. The molecule has 192 valence electrons. The van der Waals surface area contributed by atoms with Crippen LogP contribution in [0.3, 0.4) is 0 Å². The summed E-state index contributed by atoms with van der Waals surface area (Å²) in [5.74, 6) is -2.92. The molecule has 0 spiro atoms. The zero-order valence-electron chi connectivity index (χ0n) is 21.0. The zero-order chi connectivity index (χ0) is 25.7. The fraction of sp³-hybridized carbons (Fsp3) is 0.826. The van der Waals surface area contributed by atoms with Crippen molar-refractivity contribution in [2.75, 3.05) is 6.54 Å². The van der Waals surface area contributed by atoms with Gasteiger partial charge in [0, 0.05) is 0 Å². The number of carboxylic acids is 1. The summed E-state index contributed by atoms with van der Waals surface area (Å²) in [5.41, 5.74) is 11.6. The fourth-order valence-electron chi connectivity index (χ4n) is 3.28. The molecule has 5 atom stereocenters. The monoisotopic (exact) mass is 471 g/mol. The average Bonchev–Trinajstić information content (AvgIpc) is 2.73. The Bertz CT molecular complexity index is 641. The second-order valence-corrected chi connectivity index (χ2v) is 9.52. The molecule has 0 saturated carbocycles. The van der Waals surface area contributed by atoms with Gasteiger partial charge in [0.15, 0.2) is 0 Å². The number of hydrogen-bond donors (Lipinski definition) is 6. The second-order valence-electron chi connectivity index (χ2n) is 9.52. The Morgan fingerprint density at radius 3 is 1.85 bits per heavy atom. The summed E-state index contributed by atoms with van der Waals surface area (Å²) in [6, 6.07) is -3.63. The van der Waals surface area contributed by atoms with E-state index in [-0.39, 0.29) is 17.8 Å². The molecule has 0 bridgehead atoms. The molecule has 5 unspecified atom stereocenters. The van der Waals surface area contributed by atoms with Crippen molar-refractivity contribution in [1.29, 1.82) is 0 Å². The lowest BCUT2D eigenvalue weighted by molar-refractivity contribution is -0.143. The van der Waals surface area contributed by atoms with E-state index in [9.17, 15) is 24.3 Å². The third-order valence-electron chi connectivity index (χ3n) is 5.71. The maximum atomic E-state index is 13.1. The lowest BCUT2D eigenvalue weighted by Gasteiger charge is -2.27. The standard InChI is InChI=1S/C23H45N5O5/c1-7-15(6)18(25)22(31)27-17(12-13(2)3)21(30)26-16(10-8-9-11-24)20(29)28-19(14(4)5)23(32)33/h13-19H,7-12,24-25H2,1-6H3,(H,26,30)(H,27,31)(H,28,29)(H,32,33). The molecule has 0 fully saturated rings. The van der Waals surface area contributed by atoms with Gasteiger partial charge in [-0.25, -0.2) is 4.79 Å². The molecular formula is C23H45N5O5. The van der Waals surface area contributed by atoms with Gasteiger partial charge in [-0.05, 0) is 50.0 Å². The third kappa shape index (κ3) is 11.5. The molecule has 8 N–H and O–H groups in total.